The molecule has 2 aliphatic rings. The molecule has 6 heteroatoms. The molecule has 28 heavy (non-hydrogen) atoms. The number of hydrogen-bond donors (Lipinski definition) is 1. The van der Waals surface area contributed by atoms with Crippen molar-refractivity contribution in [3.05, 3.63) is 58.2 Å². The molecule has 2 unspecified atom stereocenters. The Kier molecular flexibility index (Phi) is 5.49. The van der Waals surface area contributed by atoms with Crippen LogP contribution in [0, 0.1) is 18.8 Å². The van der Waals surface area contributed by atoms with Gasteiger partial charge in [0.25, 0.3) is 0 Å². The first-order chi connectivity index (χ1) is 13.5. The second-order valence-electron chi connectivity index (χ2n) is 7.81. The Labute approximate surface area is 173 Å². The van der Waals surface area contributed by atoms with E-state index in [4.69, 9.17) is 0 Å². The second kappa shape index (κ2) is 8.03. The number of benzene rings is 1. The number of aryl methyl sites for hydroxylation is 1. The molecule has 2 aromatic rings. The van der Waals surface area contributed by atoms with Gasteiger partial charge in [-0.25, -0.2) is 4.98 Å². The minimum Gasteiger partial charge on any atom is -0.342 e. The molecule has 0 radical (unpaired) electrons. The lowest BCUT2D eigenvalue weighted by Crippen LogP contribution is -2.42. The van der Waals surface area contributed by atoms with Gasteiger partial charge in [-0.05, 0) is 61.4 Å². The van der Waals surface area contributed by atoms with E-state index >= 15 is 0 Å². The van der Waals surface area contributed by atoms with Crippen molar-refractivity contribution in [3.63, 3.8) is 0 Å². The molecular formula is C22H24BrN3O2. The highest BCUT2D eigenvalue weighted by Crippen LogP contribution is 2.49. The zero-order chi connectivity index (χ0) is 19.7. The summed E-state index contributed by atoms with van der Waals surface area (Å²) in [5.74, 6) is 1.19. The van der Waals surface area contributed by atoms with Crippen LogP contribution in [0.15, 0.2) is 47.1 Å². The number of nitrogens with one attached hydrogen (secondary N) is 1. The number of aromatic nitrogens is 1. The van der Waals surface area contributed by atoms with Crippen LogP contribution in [0.4, 0.5) is 5.82 Å². The molecule has 5 nitrogen and oxygen atoms in total. The summed E-state index contributed by atoms with van der Waals surface area (Å²) in [5.41, 5.74) is 2.29. The molecule has 1 aliphatic heterocycles. The van der Waals surface area contributed by atoms with Crippen LogP contribution >= 0.6 is 15.9 Å². The molecular weight excluding hydrogens is 418 g/mol. The van der Waals surface area contributed by atoms with Crippen LogP contribution in [0.5, 0.6) is 0 Å². The van der Waals surface area contributed by atoms with Crippen molar-refractivity contribution in [1.82, 2.24) is 9.88 Å². The molecule has 1 aromatic carbocycles. The Morgan fingerprint density at radius 3 is 2.64 bits per heavy atom. The first-order valence-electron chi connectivity index (χ1n) is 9.79. The molecule has 1 aromatic heterocycles. The standard InChI is InChI=1S/C22H24BrN3O2/c1-14-5-6-20(24-13-14)25-21(27)15-7-9-26(10-8-15)22(28)19-12-18(19)16-3-2-4-17(23)11-16/h2-6,11,13,15,18-19H,7-10,12H2,1H3,(H,24,25,27). The number of hydrogen-bond acceptors (Lipinski definition) is 3. The highest BCUT2D eigenvalue weighted by atomic mass is 79.9. The number of carbonyl (C=O) groups excluding carboxylic acids is 2. The number of carbonyl (C=O) groups is 2. The Morgan fingerprint density at radius 2 is 1.96 bits per heavy atom. The Bertz CT molecular complexity index is 876. The zero-order valence-corrected chi connectivity index (χ0v) is 17.5. The van der Waals surface area contributed by atoms with Gasteiger partial charge in [0.2, 0.25) is 11.8 Å². The van der Waals surface area contributed by atoms with Gasteiger partial charge in [-0.3, -0.25) is 9.59 Å². The molecule has 1 aliphatic carbocycles. The molecule has 0 bridgehead atoms. The first kappa shape index (κ1) is 19.1. The van der Waals surface area contributed by atoms with Gasteiger partial charge in [-0.15, -0.1) is 0 Å². The minimum atomic E-state index is -0.0627. The number of amides is 2. The highest BCUT2D eigenvalue weighted by Gasteiger charge is 2.46. The van der Waals surface area contributed by atoms with Gasteiger partial charge in [0.1, 0.15) is 5.82 Å². The SMILES string of the molecule is Cc1ccc(NC(=O)C2CCN(C(=O)C3CC3c3cccc(Br)c3)CC2)nc1. The van der Waals surface area contributed by atoms with Crippen LogP contribution in [0.25, 0.3) is 0 Å². The fourth-order valence-electron chi connectivity index (χ4n) is 3.94. The predicted octanol–water partition coefficient (Wildman–Crippen LogP) is 4.13. The van der Waals surface area contributed by atoms with E-state index in [1.54, 1.807) is 6.20 Å². The number of likely N-dealkylation sites (tertiary alicyclic amines) is 1. The predicted molar refractivity (Wildman–Crippen MR) is 112 cm³/mol. The van der Waals surface area contributed by atoms with Gasteiger partial charge in [-0.2, -0.15) is 0 Å². The van der Waals surface area contributed by atoms with Gasteiger partial charge >= 0.3 is 0 Å². The minimum absolute atomic E-state index is 0.00175. The Hall–Kier alpha value is -2.21. The summed E-state index contributed by atoms with van der Waals surface area (Å²) in [6, 6.07) is 12.0. The topological polar surface area (TPSA) is 62.3 Å². The smallest absolute Gasteiger partial charge is 0.228 e. The average molecular weight is 442 g/mol. The van der Waals surface area contributed by atoms with Crippen molar-refractivity contribution in [1.29, 1.82) is 0 Å². The summed E-state index contributed by atoms with van der Waals surface area (Å²) in [6.45, 7) is 3.27. The van der Waals surface area contributed by atoms with Crippen LogP contribution < -0.4 is 5.32 Å². The van der Waals surface area contributed by atoms with Crippen LogP contribution in [-0.4, -0.2) is 34.8 Å². The van der Waals surface area contributed by atoms with E-state index in [1.165, 1.54) is 5.56 Å². The van der Waals surface area contributed by atoms with Gasteiger partial charge in [0, 0.05) is 35.6 Å². The molecule has 2 heterocycles. The summed E-state index contributed by atoms with van der Waals surface area (Å²) in [6.07, 6.45) is 4.08. The van der Waals surface area contributed by atoms with Crippen LogP contribution in [0.2, 0.25) is 0 Å². The third-order valence-corrected chi connectivity index (χ3v) is 6.22. The fraction of sp³-hybridized carbons (Fsp3) is 0.409. The lowest BCUT2D eigenvalue weighted by molar-refractivity contribution is -0.135. The maximum atomic E-state index is 12.8. The first-order valence-corrected chi connectivity index (χ1v) is 10.6. The summed E-state index contributed by atoms with van der Waals surface area (Å²) >= 11 is 3.50. The van der Waals surface area contributed by atoms with Crippen molar-refractivity contribution in [2.45, 2.75) is 32.1 Å². The molecule has 146 valence electrons. The summed E-state index contributed by atoms with van der Waals surface area (Å²) in [7, 11) is 0. The summed E-state index contributed by atoms with van der Waals surface area (Å²) in [5, 5.41) is 2.89. The van der Waals surface area contributed by atoms with E-state index in [1.807, 2.05) is 36.1 Å². The number of piperidine rings is 1. The van der Waals surface area contributed by atoms with E-state index in [2.05, 4.69) is 38.4 Å². The molecule has 2 atom stereocenters. The maximum absolute atomic E-state index is 12.8. The van der Waals surface area contributed by atoms with Gasteiger partial charge in [0.05, 0.1) is 0 Å². The van der Waals surface area contributed by atoms with Gasteiger partial charge < -0.3 is 10.2 Å². The number of pyridine rings is 1. The van der Waals surface area contributed by atoms with E-state index in [9.17, 15) is 9.59 Å². The van der Waals surface area contributed by atoms with E-state index in [-0.39, 0.29) is 23.7 Å². The van der Waals surface area contributed by atoms with Crippen molar-refractivity contribution in [3.8, 4) is 0 Å². The van der Waals surface area contributed by atoms with Crippen molar-refractivity contribution < 1.29 is 9.59 Å². The molecule has 0 spiro atoms. The quantitative estimate of drug-likeness (QED) is 0.775. The van der Waals surface area contributed by atoms with E-state index < -0.39 is 0 Å². The monoisotopic (exact) mass is 441 g/mol. The van der Waals surface area contributed by atoms with E-state index in [0.29, 0.717) is 37.7 Å². The molecule has 2 amide bonds. The molecule has 4 rings (SSSR count). The molecule has 2 fully saturated rings. The van der Waals surface area contributed by atoms with Crippen LogP contribution in [-0.2, 0) is 9.59 Å². The van der Waals surface area contributed by atoms with Crippen molar-refractivity contribution in [2.24, 2.45) is 11.8 Å². The van der Waals surface area contributed by atoms with Crippen LogP contribution in [0.1, 0.15) is 36.3 Å². The summed E-state index contributed by atoms with van der Waals surface area (Å²) < 4.78 is 1.05. The number of rotatable bonds is 4. The molecule has 1 saturated heterocycles. The van der Waals surface area contributed by atoms with Crippen LogP contribution in [0.3, 0.4) is 0 Å². The third kappa shape index (κ3) is 4.27. The Balaban J connectivity index is 1.27. The number of nitrogens with zero attached hydrogens (tertiary/aromatic N) is 2. The zero-order valence-electron chi connectivity index (χ0n) is 15.9. The second-order valence-corrected chi connectivity index (χ2v) is 8.73. The molecule has 1 saturated carbocycles. The van der Waals surface area contributed by atoms with E-state index in [0.717, 1.165) is 16.5 Å². The van der Waals surface area contributed by atoms with Gasteiger partial charge in [0.15, 0.2) is 0 Å². The normalized spacial score (nSPS) is 22.0. The maximum Gasteiger partial charge on any atom is 0.228 e. The lowest BCUT2D eigenvalue weighted by atomic mass is 9.95. The van der Waals surface area contributed by atoms with Gasteiger partial charge in [-0.1, -0.05) is 34.1 Å². The number of halogens is 1. The average Bonchev–Trinajstić information content (AvgIpc) is 3.50. The third-order valence-electron chi connectivity index (χ3n) is 5.72. The van der Waals surface area contributed by atoms with Crippen molar-refractivity contribution in [2.75, 3.05) is 18.4 Å². The number of anilines is 1. The highest BCUT2D eigenvalue weighted by molar-refractivity contribution is 9.10. The molecule has 1 N–H and O–H groups in total. The summed E-state index contributed by atoms with van der Waals surface area (Å²) in [4.78, 5) is 31.5. The lowest BCUT2D eigenvalue weighted by Gasteiger charge is -2.31. The Morgan fingerprint density at radius 1 is 1.18 bits per heavy atom. The fourth-order valence-corrected chi connectivity index (χ4v) is 4.36. The van der Waals surface area contributed by atoms with Crippen molar-refractivity contribution >= 4 is 33.6 Å². The largest absolute Gasteiger partial charge is 0.342 e.